The molecular formula is C24H27Cl2N2O4S. The Labute approximate surface area is 205 Å². The van der Waals surface area contributed by atoms with Crippen molar-refractivity contribution >= 4 is 44.9 Å². The molecule has 6 nitrogen and oxygen atoms in total. The SMILES string of the molecule is CC(C)C[C@@H](NS(=O)(=O)c1ccccc1)C(=O)N1CCC[C@H]1C(=O)[CH]c1cc(Cl)ccc1Cl. The molecule has 2 aromatic rings. The van der Waals surface area contributed by atoms with Gasteiger partial charge in [0.15, 0.2) is 5.78 Å². The fraction of sp³-hybridized carbons (Fsp3) is 0.375. The van der Waals surface area contributed by atoms with Crippen molar-refractivity contribution in [3.63, 3.8) is 0 Å². The highest BCUT2D eigenvalue weighted by atomic mass is 35.5. The molecule has 1 amide bonds. The molecule has 2 atom stereocenters. The molecule has 2 aromatic carbocycles. The zero-order valence-electron chi connectivity index (χ0n) is 18.5. The average molecular weight is 510 g/mol. The van der Waals surface area contributed by atoms with Gasteiger partial charge in [-0.05, 0) is 61.1 Å². The largest absolute Gasteiger partial charge is 0.331 e. The van der Waals surface area contributed by atoms with Crippen LogP contribution in [0.4, 0.5) is 0 Å². The monoisotopic (exact) mass is 509 g/mol. The average Bonchev–Trinajstić information content (AvgIpc) is 3.25. The van der Waals surface area contributed by atoms with Crippen molar-refractivity contribution in [1.82, 2.24) is 9.62 Å². The number of amides is 1. The fourth-order valence-electron chi connectivity index (χ4n) is 3.93. The van der Waals surface area contributed by atoms with E-state index >= 15 is 0 Å². The summed E-state index contributed by atoms with van der Waals surface area (Å²) in [5, 5.41) is 0.835. The van der Waals surface area contributed by atoms with E-state index in [2.05, 4.69) is 4.72 Å². The minimum absolute atomic E-state index is 0.0611. The van der Waals surface area contributed by atoms with Crippen molar-refractivity contribution in [3.8, 4) is 0 Å². The first-order valence-electron chi connectivity index (χ1n) is 10.8. The predicted octanol–water partition coefficient (Wildman–Crippen LogP) is 4.50. The molecule has 0 saturated carbocycles. The third-order valence-corrected chi connectivity index (χ3v) is 7.54. The number of rotatable bonds is 9. The van der Waals surface area contributed by atoms with E-state index in [-0.39, 0.29) is 16.6 Å². The molecule has 0 bridgehead atoms. The maximum Gasteiger partial charge on any atom is 0.241 e. The van der Waals surface area contributed by atoms with E-state index in [4.69, 9.17) is 23.2 Å². The van der Waals surface area contributed by atoms with Gasteiger partial charge in [-0.2, -0.15) is 4.72 Å². The second-order valence-corrected chi connectivity index (χ2v) is 11.1. The summed E-state index contributed by atoms with van der Waals surface area (Å²) in [4.78, 5) is 28.1. The summed E-state index contributed by atoms with van der Waals surface area (Å²) in [6, 6.07) is 11.1. The van der Waals surface area contributed by atoms with E-state index in [0.717, 1.165) is 0 Å². The van der Waals surface area contributed by atoms with E-state index in [0.29, 0.717) is 41.4 Å². The minimum atomic E-state index is -3.90. The molecule has 1 N–H and O–H groups in total. The lowest BCUT2D eigenvalue weighted by atomic mass is 10.00. The summed E-state index contributed by atoms with van der Waals surface area (Å²) < 4.78 is 28.3. The smallest absolute Gasteiger partial charge is 0.241 e. The third-order valence-electron chi connectivity index (χ3n) is 5.48. The Morgan fingerprint density at radius 2 is 1.85 bits per heavy atom. The maximum absolute atomic E-state index is 13.5. The quantitative estimate of drug-likeness (QED) is 0.539. The van der Waals surface area contributed by atoms with E-state index < -0.39 is 28.0 Å². The zero-order valence-corrected chi connectivity index (χ0v) is 20.8. The normalized spacial score (nSPS) is 17.4. The molecule has 1 aliphatic heterocycles. The van der Waals surface area contributed by atoms with Crippen LogP contribution in [0.25, 0.3) is 0 Å². The number of nitrogens with zero attached hydrogens (tertiary/aromatic N) is 1. The molecule has 9 heteroatoms. The molecule has 0 aliphatic carbocycles. The van der Waals surface area contributed by atoms with E-state index in [9.17, 15) is 18.0 Å². The van der Waals surface area contributed by atoms with Gasteiger partial charge in [0.25, 0.3) is 0 Å². The fourth-order valence-corrected chi connectivity index (χ4v) is 5.50. The van der Waals surface area contributed by atoms with Gasteiger partial charge in [0, 0.05) is 16.6 Å². The standard InChI is InChI=1S/C24H27Cl2N2O4S/c1-16(2)13-21(27-33(31,32)19-7-4-3-5-8-19)24(30)28-12-6-9-22(28)23(29)15-17-14-18(25)10-11-20(17)26/h3-5,7-8,10-11,14-16,21-22,27H,6,9,12-13H2,1-2H3/t21-,22+/m1/s1. The van der Waals surface area contributed by atoms with E-state index in [1.807, 2.05) is 13.8 Å². The first kappa shape index (κ1) is 25.7. The number of sulfonamides is 1. The third kappa shape index (κ3) is 6.57. The predicted molar refractivity (Wildman–Crippen MR) is 130 cm³/mol. The molecule has 0 aromatic heterocycles. The summed E-state index contributed by atoms with van der Waals surface area (Å²) in [6.45, 7) is 4.21. The van der Waals surface area contributed by atoms with E-state index in [1.54, 1.807) is 36.4 Å². The van der Waals surface area contributed by atoms with Crippen LogP contribution in [0.5, 0.6) is 0 Å². The van der Waals surface area contributed by atoms with Crippen molar-refractivity contribution in [2.75, 3.05) is 6.54 Å². The summed E-state index contributed by atoms with van der Waals surface area (Å²) in [5.74, 6) is -0.602. The van der Waals surface area contributed by atoms with Gasteiger partial charge >= 0.3 is 0 Å². The molecule has 33 heavy (non-hydrogen) atoms. The van der Waals surface area contributed by atoms with Crippen LogP contribution in [0, 0.1) is 12.3 Å². The van der Waals surface area contributed by atoms with Crippen LogP contribution >= 0.6 is 23.2 Å². The molecule has 1 fully saturated rings. The highest BCUT2D eigenvalue weighted by Crippen LogP contribution is 2.27. The summed E-state index contributed by atoms with van der Waals surface area (Å²) in [6.07, 6.45) is 2.86. The number of carbonyl (C=O) groups is 2. The van der Waals surface area contributed by atoms with Crippen LogP contribution in [0.1, 0.15) is 38.7 Å². The van der Waals surface area contributed by atoms with Gasteiger partial charge in [0.1, 0.15) is 6.04 Å². The van der Waals surface area contributed by atoms with Crippen molar-refractivity contribution in [3.05, 3.63) is 70.6 Å². The Balaban J connectivity index is 1.80. The number of ketones is 1. The lowest BCUT2D eigenvalue weighted by molar-refractivity contribution is -0.138. The molecule has 1 aliphatic rings. The van der Waals surface area contributed by atoms with Crippen molar-refractivity contribution in [1.29, 1.82) is 0 Å². The Kier molecular flexibility index (Phi) is 8.56. The highest BCUT2D eigenvalue weighted by molar-refractivity contribution is 7.89. The van der Waals surface area contributed by atoms with Gasteiger partial charge in [-0.3, -0.25) is 9.59 Å². The van der Waals surface area contributed by atoms with Crippen LogP contribution in [-0.2, 0) is 19.6 Å². The lowest BCUT2D eigenvalue weighted by Crippen LogP contribution is -2.52. The molecule has 0 spiro atoms. The van der Waals surface area contributed by atoms with Crippen LogP contribution in [0.3, 0.4) is 0 Å². The number of benzene rings is 2. The topological polar surface area (TPSA) is 83.6 Å². The number of likely N-dealkylation sites (tertiary alicyclic amines) is 1. The van der Waals surface area contributed by atoms with Crippen LogP contribution in [0.2, 0.25) is 10.0 Å². The molecular weight excluding hydrogens is 483 g/mol. The Morgan fingerprint density at radius 1 is 1.15 bits per heavy atom. The van der Waals surface area contributed by atoms with Crippen LogP contribution in [-0.4, -0.2) is 43.6 Å². The second-order valence-electron chi connectivity index (χ2n) is 8.52. The van der Waals surface area contributed by atoms with Gasteiger partial charge in [-0.25, -0.2) is 8.42 Å². The summed E-state index contributed by atoms with van der Waals surface area (Å²) in [7, 11) is -3.90. The van der Waals surface area contributed by atoms with Gasteiger partial charge in [-0.15, -0.1) is 0 Å². The number of hydrogen-bond acceptors (Lipinski definition) is 4. The van der Waals surface area contributed by atoms with Gasteiger partial charge in [0.2, 0.25) is 15.9 Å². The lowest BCUT2D eigenvalue weighted by Gasteiger charge is -2.29. The molecule has 1 heterocycles. The number of halogens is 2. The number of nitrogens with one attached hydrogen (secondary N) is 1. The van der Waals surface area contributed by atoms with Gasteiger partial charge < -0.3 is 4.90 Å². The number of carbonyl (C=O) groups excluding carboxylic acids is 2. The highest BCUT2D eigenvalue weighted by Gasteiger charge is 2.38. The molecule has 3 rings (SSSR count). The van der Waals surface area contributed by atoms with Crippen molar-refractivity contribution < 1.29 is 18.0 Å². The maximum atomic E-state index is 13.5. The first-order chi connectivity index (χ1) is 15.6. The zero-order chi connectivity index (χ0) is 24.2. The Morgan fingerprint density at radius 3 is 2.52 bits per heavy atom. The molecule has 1 saturated heterocycles. The molecule has 1 radical (unpaired) electrons. The molecule has 177 valence electrons. The second kappa shape index (κ2) is 11.0. The van der Waals surface area contributed by atoms with Crippen LogP contribution < -0.4 is 4.72 Å². The summed E-state index contributed by atoms with van der Waals surface area (Å²) >= 11 is 12.2. The minimum Gasteiger partial charge on any atom is -0.331 e. The van der Waals surface area contributed by atoms with Crippen molar-refractivity contribution in [2.45, 2.75) is 50.1 Å². The number of Topliss-reactive ketones (excluding diaryl/α,β-unsaturated/α-hetero) is 1. The molecule has 0 unspecified atom stereocenters. The first-order valence-corrected chi connectivity index (χ1v) is 13.0. The number of hydrogen-bond donors (Lipinski definition) is 1. The Bertz CT molecular complexity index is 1110. The Hall–Kier alpha value is -1.93. The van der Waals surface area contributed by atoms with Crippen LogP contribution in [0.15, 0.2) is 53.4 Å². The van der Waals surface area contributed by atoms with E-state index in [1.165, 1.54) is 23.5 Å². The summed E-state index contributed by atoms with van der Waals surface area (Å²) in [5.41, 5.74) is 0.483. The van der Waals surface area contributed by atoms with Crippen molar-refractivity contribution in [2.24, 2.45) is 5.92 Å². The van der Waals surface area contributed by atoms with Gasteiger partial charge in [-0.1, -0.05) is 55.2 Å². The van der Waals surface area contributed by atoms with Gasteiger partial charge in [0.05, 0.1) is 17.4 Å².